The van der Waals surface area contributed by atoms with Crippen molar-refractivity contribution in [2.24, 2.45) is 0 Å². The van der Waals surface area contributed by atoms with Crippen LogP contribution in [0.2, 0.25) is 0 Å². The standard InChI is InChI=1S/C11H16N2O3/c1-13-7-3-4-9(8-13)11(16)12-6-2-5-10(14)15/h3,7-8H,2,4-6H2,1H3,(H,12,16)(H,14,15). The van der Waals surface area contributed by atoms with E-state index >= 15 is 0 Å². The number of nitrogens with zero attached hydrogens (tertiary/aromatic N) is 1. The van der Waals surface area contributed by atoms with E-state index in [9.17, 15) is 9.59 Å². The molecule has 0 radical (unpaired) electrons. The predicted octanol–water partition coefficient (Wildman–Crippen LogP) is 0.700. The number of rotatable bonds is 5. The molecule has 1 rings (SSSR count). The van der Waals surface area contributed by atoms with Crippen molar-refractivity contribution in [3.63, 3.8) is 0 Å². The van der Waals surface area contributed by atoms with Crippen LogP contribution < -0.4 is 5.32 Å². The van der Waals surface area contributed by atoms with Gasteiger partial charge in [-0.05, 0) is 19.0 Å². The number of hydrogen-bond donors (Lipinski definition) is 2. The van der Waals surface area contributed by atoms with E-state index in [4.69, 9.17) is 5.11 Å². The van der Waals surface area contributed by atoms with Gasteiger partial charge in [0.15, 0.2) is 0 Å². The first kappa shape index (κ1) is 12.3. The molecule has 0 bridgehead atoms. The second kappa shape index (κ2) is 5.95. The number of hydrogen-bond acceptors (Lipinski definition) is 3. The fourth-order valence-electron chi connectivity index (χ4n) is 1.39. The van der Waals surface area contributed by atoms with Crippen molar-refractivity contribution in [1.82, 2.24) is 10.2 Å². The summed E-state index contributed by atoms with van der Waals surface area (Å²) in [4.78, 5) is 23.7. The average molecular weight is 224 g/mol. The number of allylic oxidation sites excluding steroid dienone is 1. The maximum Gasteiger partial charge on any atom is 0.303 e. The summed E-state index contributed by atoms with van der Waals surface area (Å²) in [6.45, 7) is 0.399. The molecule has 0 spiro atoms. The quantitative estimate of drug-likeness (QED) is 0.674. The van der Waals surface area contributed by atoms with Crippen molar-refractivity contribution in [3.8, 4) is 0 Å². The molecule has 0 aliphatic carbocycles. The number of amides is 1. The van der Waals surface area contributed by atoms with Crippen LogP contribution in [0.3, 0.4) is 0 Å². The molecule has 0 atom stereocenters. The normalized spacial score (nSPS) is 14.6. The van der Waals surface area contributed by atoms with Crippen molar-refractivity contribution >= 4 is 11.9 Å². The Morgan fingerprint density at radius 2 is 2.31 bits per heavy atom. The van der Waals surface area contributed by atoms with E-state index in [0.29, 0.717) is 25.0 Å². The molecule has 1 heterocycles. The first-order valence-corrected chi connectivity index (χ1v) is 5.19. The highest BCUT2D eigenvalue weighted by molar-refractivity contribution is 5.93. The number of nitrogens with one attached hydrogen (secondary N) is 1. The highest BCUT2D eigenvalue weighted by Crippen LogP contribution is 2.10. The third kappa shape index (κ3) is 4.16. The lowest BCUT2D eigenvalue weighted by atomic mass is 10.1. The molecule has 2 N–H and O–H groups in total. The van der Waals surface area contributed by atoms with Crippen LogP contribution in [0.15, 0.2) is 24.0 Å². The lowest BCUT2D eigenvalue weighted by molar-refractivity contribution is -0.137. The second-order valence-corrected chi connectivity index (χ2v) is 3.66. The summed E-state index contributed by atoms with van der Waals surface area (Å²) in [5.41, 5.74) is 0.695. The molecule has 88 valence electrons. The van der Waals surface area contributed by atoms with Crippen LogP contribution in [0.4, 0.5) is 0 Å². The van der Waals surface area contributed by atoms with Crippen molar-refractivity contribution < 1.29 is 14.7 Å². The minimum Gasteiger partial charge on any atom is -0.481 e. The van der Waals surface area contributed by atoms with Crippen LogP contribution in [-0.4, -0.2) is 35.5 Å². The number of carboxylic acids is 1. The van der Waals surface area contributed by atoms with Crippen LogP contribution in [0, 0.1) is 0 Å². The molecular formula is C11H16N2O3. The molecule has 1 amide bonds. The Balaban J connectivity index is 2.27. The van der Waals surface area contributed by atoms with Gasteiger partial charge in [-0.1, -0.05) is 6.08 Å². The van der Waals surface area contributed by atoms with Gasteiger partial charge in [-0.15, -0.1) is 0 Å². The van der Waals surface area contributed by atoms with Gasteiger partial charge >= 0.3 is 5.97 Å². The largest absolute Gasteiger partial charge is 0.481 e. The van der Waals surface area contributed by atoms with Gasteiger partial charge in [0.25, 0.3) is 0 Å². The van der Waals surface area contributed by atoms with E-state index in [1.54, 1.807) is 6.20 Å². The summed E-state index contributed by atoms with van der Waals surface area (Å²) in [6, 6.07) is 0. The molecule has 16 heavy (non-hydrogen) atoms. The zero-order valence-electron chi connectivity index (χ0n) is 9.27. The Morgan fingerprint density at radius 1 is 1.56 bits per heavy atom. The highest BCUT2D eigenvalue weighted by Gasteiger charge is 2.10. The van der Waals surface area contributed by atoms with Gasteiger partial charge in [0.05, 0.1) is 0 Å². The zero-order chi connectivity index (χ0) is 12.0. The van der Waals surface area contributed by atoms with E-state index in [2.05, 4.69) is 5.32 Å². The Hall–Kier alpha value is -1.78. The maximum absolute atomic E-state index is 11.6. The van der Waals surface area contributed by atoms with Crippen molar-refractivity contribution in [3.05, 3.63) is 24.0 Å². The molecule has 0 aromatic rings. The smallest absolute Gasteiger partial charge is 0.303 e. The molecule has 0 unspecified atom stereocenters. The molecular weight excluding hydrogens is 208 g/mol. The van der Waals surface area contributed by atoms with Gasteiger partial charge in [0.1, 0.15) is 0 Å². The maximum atomic E-state index is 11.6. The zero-order valence-corrected chi connectivity index (χ0v) is 9.27. The van der Waals surface area contributed by atoms with Crippen LogP contribution in [0.5, 0.6) is 0 Å². The Kier molecular flexibility index (Phi) is 4.57. The van der Waals surface area contributed by atoms with E-state index < -0.39 is 5.97 Å². The number of carbonyl (C=O) groups excluding carboxylic acids is 1. The first-order valence-electron chi connectivity index (χ1n) is 5.19. The molecule has 1 aliphatic rings. The minimum atomic E-state index is -0.839. The van der Waals surface area contributed by atoms with Gasteiger partial charge in [0.2, 0.25) is 5.91 Å². The second-order valence-electron chi connectivity index (χ2n) is 3.66. The number of aliphatic carboxylic acids is 1. The molecule has 0 fully saturated rings. The van der Waals surface area contributed by atoms with Crippen molar-refractivity contribution in [1.29, 1.82) is 0 Å². The average Bonchev–Trinajstić information content (AvgIpc) is 2.24. The fourth-order valence-corrected chi connectivity index (χ4v) is 1.39. The first-order chi connectivity index (χ1) is 7.59. The van der Waals surface area contributed by atoms with Crippen molar-refractivity contribution in [2.45, 2.75) is 19.3 Å². The lowest BCUT2D eigenvalue weighted by Gasteiger charge is -2.16. The SMILES string of the molecule is CN1C=CCC(C(=O)NCCCC(=O)O)=C1. The van der Waals surface area contributed by atoms with Crippen LogP contribution in [0.25, 0.3) is 0 Å². The summed E-state index contributed by atoms with van der Waals surface area (Å²) in [6.07, 6.45) is 6.73. The van der Waals surface area contributed by atoms with E-state index in [1.165, 1.54) is 0 Å². The molecule has 0 aromatic heterocycles. The van der Waals surface area contributed by atoms with Gasteiger partial charge in [0, 0.05) is 31.8 Å². The third-order valence-corrected chi connectivity index (χ3v) is 2.18. The van der Waals surface area contributed by atoms with Gasteiger partial charge in [-0.3, -0.25) is 9.59 Å². The van der Waals surface area contributed by atoms with Gasteiger partial charge in [-0.2, -0.15) is 0 Å². The van der Waals surface area contributed by atoms with E-state index in [1.807, 2.05) is 24.2 Å². The molecule has 5 nitrogen and oxygen atoms in total. The van der Waals surface area contributed by atoms with E-state index in [-0.39, 0.29) is 12.3 Å². The number of carboxylic acid groups (broad SMARTS) is 1. The van der Waals surface area contributed by atoms with Gasteiger partial charge in [-0.25, -0.2) is 0 Å². The Morgan fingerprint density at radius 3 is 2.94 bits per heavy atom. The molecule has 0 aromatic carbocycles. The number of carbonyl (C=O) groups is 2. The summed E-state index contributed by atoms with van der Waals surface area (Å²) in [7, 11) is 1.85. The Bertz CT molecular complexity index is 334. The van der Waals surface area contributed by atoms with Crippen LogP contribution in [0.1, 0.15) is 19.3 Å². The fraction of sp³-hybridized carbons (Fsp3) is 0.455. The topological polar surface area (TPSA) is 69.6 Å². The van der Waals surface area contributed by atoms with E-state index in [0.717, 1.165) is 0 Å². The highest BCUT2D eigenvalue weighted by atomic mass is 16.4. The predicted molar refractivity (Wildman–Crippen MR) is 59.5 cm³/mol. The lowest BCUT2D eigenvalue weighted by Crippen LogP contribution is -2.28. The third-order valence-electron chi connectivity index (χ3n) is 2.18. The Labute approximate surface area is 94.4 Å². The molecule has 1 aliphatic heterocycles. The summed E-state index contributed by atoms with van der Waals surface area (Å²) >= 11 is 0. The molecule has 0 saturated carbocycles. The molecule has 5 heteroatoms. The summed E-state index contributed by atoms with van der Waals surface area (Å²) in [5.74, 6) is -0.963. The van der Waals surface area contributed by atoms with Gasteiger partial charge < -0.3 is 15.3 Å². The summed E-state index contributed by atoms with van der Waals surface area (Å²) in [5, 5.41) is 11.1. The molecule has 0 saturated heterocycles. The summed E-state index contributed by atoms with van der Waals surface area (Å²) < 4.78 is 0. The minimum absolute atomic E-state index is 0.0825. The van der Waals surface area contributed by atoms with Crippen LogP contribution in [-0.2, 0) is 9.59 Å². The van der Waals surface area contributed by atoms with Crippen LogP contribution >= 0.6 is 0 Å². The monoisotopic (exact) mass is 224 g/mol. The van der Waals surface area contributed by atoms with Crippen molar-refractivity contribution in [2.75, 3.05) is 13.6 Å².